The molecule has 2 nitrogen and oxygen atoms in total. The number of rotatable bonds is 2. The van der Waals surface area contributed by atoms with Gasteiger partial charge in [-0.2, -0.15) is 0 Å². The van der Waals surface area contributed by atoms with E-state index in [1.165, 1.54) is 12.8 Å². The summed E-state index contributed by atoms with van der Waals surface area (Å²) in [5.74, 6) is 0.830. The average molecular weight is 139 g/mol. The number of hydrogen-bond donors (Lipinski definition) is 1. The minimum atomic E-state index is 0.194. The quantitative estimate of drug-likeness (QED) is 0.627. The van der Waals surface area contributed by atoms with Crippen LogP contribution in [0.4, 0.5) is 0 Å². The molecule has 0 spiro atoms. The molecule has 0 aromatic carbocycles. The van der Waals surface area contributed by atoms with Gasteiger partial charge in [0.05, 0.1) is 5.54 Å². The molecule has 0 amide bonds. The largest absolute Gasteiger partial charge is 0.416 e. The van der Waals surface area contributed by atoms with E-state index < -0.39 is 0 Å². The molecule has 1 aliphatic carbocycles. The first-order valence-electron chi connectivity index (χ1n) is 3.98. The van der Waals surface area contributed by atoms with Crippen LogP contribution in [0.5, 0.6) is 0 Å². The molecule has 0 aromatic heterocycles. The van der Waals surface area contributed by atoms with Crippen LogP contribution in [0.3, 0.4) is 0 Å². The normalized spacial score (nSPS) is 38.1. The molecule has 56 valence electrons. The van der Waals surface area contributed by atoms with Crippen molar-refractivity contribution in [1.29, 1.82) is 0 Å². The highest BCUT2D eigenvalue weighted by Crippen LogP contribution is 2.43. The highest BCUT2D eigenvalue weighted by atomic mass is 16.6. The van der Waals surface area contributed by atoms with Crippen molar-refractivity contribution in [2.45, 2.75) is 31.7 Å². The molecule has 2 aliphatic rings. The zero-order valence-electron chi connectivity index (χ0n) is 6.26. The van der Waals surface area contributed by atoms with Gasteiger partial charge in [-0.3, -0.25) is 0 Å². The van der Waals surface area contributed by atoms with Crippen molar-refractivity contribution in [3.05, 3.63) is 12.3 Å². The lowest BCUT2D eigenvalue weighted by Crippen LogP contribution is -2.40. The third kappa shape index (κ3) is 0.754. The highest BCUT2D eigenvalue weighted by Gasteiger charge is 2.44. The fourth-order valence-corrected chi connectivity index (χ4v) is 1.63. The van der Waals surface area contributed by atoms with E-state index in [0.717, 1.165) is 12.3 Å². The van der Waals surface area contributed by atoms with Crippen molar-refractivity contribution in [2.75, 3.05) is 0 Å². The summed E-state index contributed by atoms with van der Waals surface area (Å²) >= 11 is 0. The Balaban J connectivity index is 2.12. The summed E-state index contributed by atoms with van der Waals surface area (Å²) < 4.78 is 0. The predicted molar refractivity (Wildman–Crippen MR) is 39.1 cm³/mol. The second-order valence-electron chi connectivity index (χ2n) is 3.19. The molecular weight excluding hydrogens is 126 g/mol. The maximum Gasteiger partial charge on any atom is 0.109 e. The summed E-state index contributed by atoms with van der Waals surface area (Å²) in [6, 6.07) is 0. The molecule has 1 atom stereocenters. The first-order chi connectivity index (χ1) is 4.87. The van der Waals surface area contributed by atoms with Crippen LogP contribution in [-0.4, -0.2) is 5.54 Å². The number of hydroxylamine groups is 1. The van der Waals surface area contributed by atoms with Crippen molar-refractivity contribution in [2.24, 2.45) is 5.92 Å². The van der Waals surface area contributed by atoms with Gasteiger partial charge in [-0.05, 0) is 31.3 Å². The lowest BCUT2D eigenvalue weighted by Gasteiger charge is -2.23. The molecule has 0 radical (unpaired) electrons. The summed E-state index contributed by atoms with van der Waals surface area (Å²) in [6.07, 6.45) is 7.77. The fourth-order valence-electron chi connectivity index (χ4n) is 1.63. The Morgan fingerprint density at radius 2 is 2.50 bits per heavy atom. The monoisotopic (exact) mass is 139 g/mol. The van der Waals surface area contributed by atoms with Gasteiger partial charge in [0.1, 0.15) is 6.26 Å². The van der Waals surface area contributed by atoms with Crippen LogP contribution in [0.15, 0.2) is 12.3 Å². The van der Waals surface area contributed by atoms with Crippen molar-refractivity contribution in [3.63, 3.8) is 0 Å². The van der Waals surface area contributed by atoms with Crippen LogP contribution >= 0.6 is 0 Å². The van der Waals surface area contributed by atoms with Crippen molar-refractivity contribution >= 4 is 0 Å². The Morgan fingerprint density at radius 3 is 2.90 bits per heavy atom. The Bertz CT molecular complexity index is 163. The van der Waals surface area contributed by atoms with E-state index in [9.17, 15) is 0 Å². The molecule has 0 aromatic rings. The number of hydrogen-bond acceptors (Lipinski definition) is 2. The first-order valence-corrected chi connectivity index (χ1v) is 3.98. The van der Waals surface area contributed by atoms with Crippen LogP contribution < -0.4 is 5.48 Å². The second kappa shape index (κ2) is 1.99. The third-order valence-corrected chi connectivity index (χ3v) is 2.57. The van der Waals surface area contributed by atoms with Gasteiger partial charge in [0.15, 0.2) is 0 Å². The van der Waals surface area contributed by atoms with Gasteiger partial charge in [0.25, 0.3) is 0 Å². The van der Waals surface area contributed by atoms with Crippen molar-refractivity contribution in [3.8, 4) is 0 Å². The molecular formula is C8H13NO. The van der Waals surface area contributed by atoms with E-state index >= 15 is 0 Å². The summed E-state index contributed by atoms with van der Waals surface area (Å²) in [7, 11) is 0. The van der Waals surface area contributed by atoms with E-state index in [0.29, 0.717) is 0 Å². The summed E-state index contributed by atoms with van der Waals surface area (Å²) in [5.41, 5.74) is 3.27. The van der Waals surface area contributed by atoms with Crippen molar-refractivity contribution < 1.29 is 4.84 Å². The summed E-state index contributed by atoms with van der Waals surface area (Å²) in [4.78, 5) is 5.02. The third-order valence-electron chi connectivity index (χ3n) is 2.57. The fraction of sp³-hybridized carbons (Fsp3) is 0.750. The highest BCUT2D eigenvalue weighted by molar-refractivity contribution is 5.13. The smallest absolute Gasteiger partial charge is 0.109 e. The van der Waals surface area contributed by atoms with Crippen LogP contribution in [-0.2, 0) is 4.84 Å². The van der Waals surface area contributed by atoms with Gasteiger partial charge in [-0.1, -0.05) is 6.92 Å². The molecule has 10 heavy (non-hydrogen) atoms. The zero-order valence-corrected chi connectivity index (χ0v) is 6.26. The predicted octanol–water partition coefficient (Wildman–Crippen LogP) is 1.59. The molecule has 1 N–H and O–H groups in total. The minimum Gasteiger partial charge on any atom is -0.416 e. The molecule has 1 heterocycles. The molecule has 1 aliphatic heterocycles. The Kier molecular flexibility index (Phi) is 1.24. The van der Waals surface area contributed by atoms with Crippen LogP contribution in [0.2, 0.25) is 0 Å². The standard InChI is InChI=1S/C8H13NO/c1-2-8(7-3-4-7)5-6-10-9-8/h5-7,9H,2-4H2,1H3. The van der Waals surface area contributed by atoms with Gasteiger partial charge < -0.3 is 4.84 Å². The van der Waals surface area contributed by atoms with Gasteiger partial charge in [0, 0.05) is 0 Å². The van der Waals surface area contributed by atoms with Gasteiger partial charge >= 0.3 is 0 Å². The van der Waals surface area contributed by atoms with E-state index in [4.69, 9.17) is 4.84 Å². The van der Waals surface area contributed by atoms with Crippen molar-refractivity contribution in [1.82, 2.24) is 5.48 Å². The molecule has 1 fully saturated rings. The second-order valence-corrected chi connectivity index (χ2v) is 3.19. The first kappa shape index (κ1) is 6.23. The molecule has 2 heteroatoms. The molecule has 2 rings (SSSR count). The topological polar surface area (TPSA) is 21.3 Å². The van der Waals surface area contributed by atoms with Crippen LogP contribution in [0.1, 0.15) is 26.2 Å². The Morgan fingerprint density at radius 1 is 1.70 bits per heavy atom. The lowest BCUT2D eigenvalue weighted by molar-refractivity contribution is 0.0852. The van der Waals surface area contributed by atoms with E-state index in [1.807, 2.05) is 0 Å². The lowest BCUT2D eigenvalue weighted by atomic mass is 9.92. The molecule has 0 bridgehead atoms. The molecule has 0 saturated heterocycles. The summed E-state index contributed by atoms with van der Waals surface area (Å²) in [6.45, 7) is 2.20. The maximum absolute atomic E-state index is 5.02. The zero-order chi connectivity index (χ0) is 7.03. The SMILES string of the molecule is CCC1(C2CC2)C=CON1. The maximum atomic E-state index is 5.02. The Hall–Kier alpha value is -0.500. The average Bonchev–Trinajstić information content (AvgIpc) is 2.71. The molecule has 1 unspecified atom stereocenters. The van der Waals surface area contributed by atoms with E-state index in [2.05, 4.69) is 18.5 Å². The number of nitrogens with one attached hydrogen (secondary N) is 1. The van der Waals surface area contributed by atoms with E-state index in [1.54, 1.807) is 6.26 Å². The van der Waals surface area contributed by atoms with E-state index in [-0.39, 0.29) is 5.54 Å². The van der Waals surface area contributed by atoms with Gasteiger partial charge in [-0.25, -0.2) is 0 Å². The van der Waals surface area contributed by atoms with Gasteiger partial charge in [-0.15, -0.1) is 5.48 Å². The molecule has 1 saturated carbocycles. The van der Waals surface area contributed by atoms with Gasteiger partial charge in [0.2, 0.25) is 0 Å². The summed E-state index contributed by atoms with van der Waals surface area (Å²) in [5, 5.41) is 0. The van der Waals surface area contributed by atoms with Crippen LogP contribution in [0, 0.1) is 5.92 Å². The van der Waals surface area contributed by atoms with Crippen LogP contribution in [0.25, 0.3) is 0 Å². The minimum absolute atomic E-state index is 0.194. The Labute approximate surface area is 61.2 Å².